The van der Waals surface area contributed by atoms with E-state index in [-0.39, 0.29) is 23.4 Å². The Morgan fingerprint density at radius 3 is 2.40 bits per heavy atom. The number of nitrogens with zero attached hydrogens (tertiary/aromatic N) is 1. The maximum atomic E-state index is 12.3. The highest BCUT2D eigenvalue weighted by molar-refractivity contribution is 5.94. The molecule has 1 N–H and O–H groups in total. The van der Waals surface area contributed by atoms with Crippen molar-refractivity contribution >= 4 is 29.6 Å². The van der Waals surface area contributed by atoms with Gasteiger partial charge in [0.05, 0.1) is 18.6 Å². The van der Waals surface area contributed by atoms with Crippen LogP contribution < -0.4 is 5.32 Å². The van der Waals surface area contributed by atoms with Crippen LogP contribution >= 0.6 is 0 Å². The van der Waals surface area contributed by atoms with Crippen LogP contribution in [0.3, 0.4) is 0 Å². The monoisotopic (exact) mass is 420 g/mol. The van der Waals surface area contributed by atoms with E-state index in [2.05, 4.69) is 5.32 Å². The fraction of sp³-hybridized carbons (Fsp3) is 0.524. The highest BCUT2D eigenvalue weighted by Crippen LogP contribution is 2.19. The minimum absolute atomic E-state index is 0.195. The summed E-state index contributed by atoms with van der Waals surface area (Å²) in [6.07, 6.45) is 0.397. The molecule has 0 aromatic heterocycles. The highest BCUT2D eigenvalue weighted by atomic mass is 16.6. The second kappa shape index (κ2) is 10.1. The topological polar surface area (TPSA) is 111 Å². The summed E-state index contributed by atoms with van der Waals surface area (Å²) in [7, 11) is 1.34. The van der Waals surface area contributed by atoms with E-state index in [1.54, 1.807) is 37.8 Å². The van der Waals surface area contributed by atoms with E-state index in [1.165, 1.54) is 19.2 Å². The van der Waals surface area contributed by atoms with Gasteiger partial charge in [-0.05, 0) is 51.8 Å². The number of piperidine rings is 1. The van der Waals surface area contributed by atoms with Crippen LogP contribution in [0, 0.1) is 5.92 Å². The molecule has 1 aliphatic rings. The lowest BCUT2D eigenvalue weighted by Gasteiger charge is -2.30. The Kier molecular flexibility index (Phi) is 7.79. The molecule has 2 rings (SSSR count). The van der Waals surface area contributed by atoms with E-state index < -0.39 is 24.3 Å². The van der Waals surface area contributed by atoms with Gasteiger partial charge in [-0.1, -0.05) is 6.07 Å². The lowest BCUT2D eigenvalue weighted by atomic mass is 9.97. The van der Waals surface area contributed by atoms with Crippen molar-refractivity contribution in [1.82, 2.24) is 4.90 Å². The zero-order valence-corrected chi connectivity index (χ0v) is 17.7. The van der Waals surface area contributed by atoms with Crippen LogP contribution in [0.25, 0.3) is 0 Å². The maximum absolute atomic E-state index is 12.3. The van der Waals surface area contributed by atoms with Crippen molar-refractivity contribution < 1.29 is 33.4 Å². The van der Waals surface area contributed by atoms with Crippen molar-refractivity contribution in [1.29, 1.82) is 0 Å². The van der Waals surface area contributed by atoms with Gasteiger partial charge in [0, 0.05) is 18.8 Å². The summed E-state index contributed by atoms with van der Waals surface area (Å²) < 4.78 is 15.0. The molecule has 0 spiro atoms. The first-order valence-corrected chi connectivity index (χ1v) is 9.72. The highest BCUT2D eigenvalue weighted by Gasteiger charge is 2.28. The van der Waals surface area contributed by atoms with Gasteiger partial charge in [-0.15, -0.1) is 0 Å². The number of hydrogen-bond donors (Lipinski definition) is 1. The first-order valence-electron chi connectivity index (χ1n) is 9.72. The summed E-state index contributed by atoms with van der Waals surface area (Å²) in [4.78, 5) is 49.5. The van der Waals surface area contributed by atoms with Crippen molar-refractivity contribution in [2.75, 3.05) is 32.1 Å². The number of hydrogen-bond acceptors (Lipinski definition) is 7. The number of carbonyl (C=O) groups is 4. The standard InChI is InChI=1S/C21H28N2O7/c1-21(2,3)30-20(27)22-16-7-5-6-15(12-16)19(26)29-13-17(24)23-10-8-14(9-11-23)18(25)28-4/h5-7,12,14H,8-11,13H2,1-4H3,(H,22,27). The number of rotatable bonds is 5. The van der Waals surface area contributed by atoms with Gasteiger partial charge < -0.3 is 19.1 Å². The predicted molar refractivity (Wildman–Crippen MR) is 108 cm³/mol. The number of nitrogens with one attached hydrogen (secondary N) is 1. The van der Waals surface area contributed by atoms with E-state index in [0.717, 1.165) is 0 Å². The van der Waals surface area contributed by atoms with Gasteiger partial charge in [0.15, 0.2) is 6.61 Å². The Balaban J connectivity index is 1.84. The molecule has 0 unspecified atom stereocenters. The first-order chi connectivity index (χ1) is 14.1. The molecule has 30 heavy (non-hydrogen) atoms. The van der Waals surface area contributed by atoms with E-state index >= 15 is 0 Å². The van der Waals surface area contributed by atoms with E-state index in [9.17, 15) is 19.2 Å². The van der Waals surface area contributed by atoms with Crippen molar-refractivity contribution in [2.45, 2.75) is 39.2 Å². The summed E-state index contributed by atoms with van der Waals surface area (Å²) in [5, 5.41) is 2.55. The van der Waals surface area contributed by atoms with Gasteiger partial charge in [-0.25, -0.2) is 9.59 Å². The Bertz CT molecular complexity index is 793. The molecule has 0 radical (unpaired) electrons. The molecular weight excluding hydrogens is 392 g/mol. The number of likely N-dealkylation sites (tertiary alicyclic amines) is 1. The van der Waals surface area contributed by atoms with Crippen LogP contribution in [0.2, 0.25) is 0 Å². The van der Waals surface area contributed by atoms with Crippen LogP contribution in [-0.4, -0.2) is 61.2 Å². The van der Waals surface area contributed by atoms with Crippen LogP contribution in [0.5, 0.6) is 0 Å². The molecule has 1 fully saturated rings. The number of methoxy groups -OCH3 is 1. The van der Waals surface area contributed by atoms with Gasteiger partial charge >= 0.3 is 18.0 Å². The van der Waals surface area contributed by atoms with E-state index in [4.69, 9.17) is 14.2 Å². The average molecular weight is 420 g/mol. The Hall–Kier alpha value is -3.10. The largest absolute Gasteiger partial charge is 0.469 e. The van der Waals surface area contributed by atoms with E-state index in [0.29, 0.717) is 31.6 Å². The zero-order chi connectivity index (χ0) is 22.3. The fourth-order valence-electron chi connectivity index (χ4n) is 2.98. The molecule has 164 valence electrons. The molecule has 1 aromatic rings. The fourth-order valence-corrected chi connectivity index (χ4v) is 2.98. The Labute approximate surface area is 175 Å². The Morgan fingerprint density at radius 1 is 1.13 bits per heavy atom. The SMILES string of the molecule is COC(=O)C1CCN(C(=O)COC(=O)c2cccc(NC(=O)OC(C)(C)C)c2)CC1. The van der Waals surface area contributed by atoms with Crippen LogP contribution in [0.4, 0.5) is 10.5 Å². The number of benzene rings is 1. The number of esters is 2. The number of carbonyl (C=O) groups excluding carboxylic acids is 4. The molecular formula is C21H28N2O7. The first kappa shape index (κ1) is 23.2. The van der Waals surface area contributed by atoms with E-state index in [1.807, 2.05) is 0 Å². The molecule has 2 amide bonds. The quantitative estimate of drug-likeness (QED) is 0.576. The van der Waals surface area contributed by atoms with Crippen molar-refractivity contribution in [2.24, 2.45) is 5.92 Å². The molecule has 1 aliphatic heterocycles. The third kappa shape index (κ3) is 7.06. The number of ether oxygens (including phenoxy) is 3. The zero-order valence-electron chi connectivity index (χ0n) is 17.7. The van der Waals surface area contributed by atoms with Crippen LogP contribution in [0.15, 0.2) is 24.3 Å². The molecule has 0 bridgehead atoms. The lowest BCUT2D eigenvalue weighted by molar-refractivity contribution is -0.149. The average Bonchev–Trinajstić information content (AvgIpc) is 2.70. The van der Waals surface area contributed by atoms with Gasteiger partial charge in [-0.2, -0.15) is 0 Å². The number of anilines is 1. The summed E-state index contributed by atoms with van der Waals surface area (Å²) in [6, 6.07) is 6.16. The summed E-state index contributed by atoms with van der Waals surface area (Å²) >= 11 is 0. The van der Waals surface area contributed by atoms with Gasteiger partial charge in [0.1, 0.15) is 5.60 Å². The minimum atomic E-state index is -0.680. The van der Waals surface area contributed by atoms with Gasteiger partial charge in [-0.3, -0.25) is 14.9 Å². The molecule has 0 saturated carbocycles. The molecule has 9 nitrogen and oxygen atoms in total. The molecule has 0 aliphatic carbocycles. The minimum Gasteiger partial charge on any atom is -0.469 e. The molecule has 1 heterocycles. The molecule has 9 heteroatoms. The lowest BCUT2D eigenvalue weighted by Crippen LogP contribution is -2.42. The third-order valence-corrected chi connectivity index (χ3v) is 4.45. The van der Waals surface area contributed by atoms with Crippen LogP contribution in [0.1, 0.15) is 44.0 Å². The van der Waals surface area contributed by atoms with Crippen LogP contribution in [-0.2, 0) is 23.8 Å². The van der Waals surface area contributed by atoms with Crippen molar-refractivity contribution in [3.05, 3.63) is 29.8 Å². The van der Waals surface area contributed by atoms with Crippen molar-refractivity contribution in [3.8, 4) is 0 Å². The molecule has 0 atom stereocenters. The molecule has 1 saturated heterocycles. The third-order valence-electron chi connectivity index (χ3n) is 4.45. The Morgan fingerprint density at radius 2 is 1.80 bits per heavy atom. The smallest absolute Gasteiger partial charge is 0.412 e. The summed E-state index contributed by atoms with van der Waals surface area (Å²) in [5.74, 6) is -1.48. The second-order valence-electron chi connectivity index (χ2n) is 7.96. The number of amides is 2. The second-order valence-corrected chi connectivity index (χ2v) is 7.96. The van der Waals surface area contributed by atoms with Gasteiger partial charge in [0.2, 0.25) is 0 Å². The molecule has 1 aromatic carbocycles. The summed E-state index contributed by atoms with van der Waals surface area (Å²) in [5.41, 5.74) is -0.0811. The normalized spacial score (nSPS) is 14.6. The van der Waals surface area contributed by atoms with Gasteiger partial charge in [0.25, 0.3) is 5.91 Å². The van der Waals surface area contributed by atoms with Crippen molar-refractivity contribution in [3.63, 3.8) is 0 Å². The summed E-state index contributed by atoms with van der Waals surface area (Å²) in [6.45, 7) is 5.66. The maximum Gasteiger partial charge on any atom is 0.412 e. The predicted octanol–water partition coefficient (Wildman–Crippen LogP) is 2.60.